The van der Waals surface area contributed by atoms with Crippen molar-refractivity contribution in [2.45, 2.75) is 13.2 Å². The van der Waals surface area contributed by atoms with Gasteiger partial charge in [-0.05, 0) is 35.4 Å². The molecule has 0 fully saturated rings. The summed E-state index contributed by atoms with van der Waals surface area (Å²) < 4.78 is 40.8. The third-order valence-corrected chi connectivity index (χ3v) is 2.95. The van der Waals surface area contributed by atoms with Crippen molar-refractivity contribution < 1.29 is 18.3 Å². The molecular weight excluding hydrogens is 267 g/mol. The van der Waals surface area contributed by atoms with E-state index in [9.17, 15) is 13.2 Å². The molecule has 2 aromatic rings. The summed E-state index contributed by atoms with van der Waals surface area (Å²) in [6.45, 7) is -0.258. The zero-order chi connectivity index (χ0) is 14.7. The molecule has 0 spiro atoms. The molecule has 0 unspecified atom stereocenters. The van der Waals surface area contributed by atoms with E-state index in [-0.39, 0.29) is 17.8 Å². The lowest BCUT2D eigenvalue weighted by Gasteiger charge is -2.21. The fourth-order valence-electron chi connectivity index (χ4n) is 2.06. The third kappa shape index (κ3) is 3.11. The highest BCUT2D eigenvalue weighted by atomic mass is 19.1. The van der Waals surface area contributed by atoms with Crippen LogP contribution in [0.15, 0.2) is 36.4 Å². The molecule has 0 heterocycles. The standard InChI is InChI=1S/C15H14F3NO/c1-19(8-10-3-2-4-12(16)5-10)15-13(17)6-11(9-20)7-14(15)18/h2-7,20H,8-9H2,1H3. The summed E-state index contributed by atoms with van der Waals surface area (Å²) >= 11 is 0. The predicted octanol–water partition coefficient (Wildman–Crippen LogP) is 3.23. The van der Waals surface area contributed by atoms with Gasteiger partial charge >= 0.3 is 0 Å². The molecule has 0 aromatic heterocycles. The molecule has 20 heavy (non-hydrogen) atoms. The Hall–Kier alpha value is -2.01. The van der Waals surface area contributed by atoms with E-state index >= 15 is 0 Å². The van der Waals surface area contributed by atoms with Gasteiger partial charge in [0.05, 0.1) is 6.61 Å². The van der Waals surface area contributed by atoms with Crippen molar-refractivity contribution >= 4 is 5.69 Å². The minimum Gasteiger partial charge on any atom is -0.392 e. The second kappa shape index (κ2) is 5.96. The third-order valence-electron chi connectivity index (χ3n) is 2.95. The molecule has 2 nitrogen and oxygen atoms in total. The zero-order valence-corrected chi connectivity index (χ0v) is 10.9. The molecular formula is C15H14F3NO. The monoisotopic (exact) mass is 281 g/mol. The molecule has 0 radical (unpaired) electrons. The number of aliphatic hydroxyl groups excluding tert-OH is 1. The first-order chi connectivity index (χ1) is 9.51. The largest absolute Gasteiger partial charge is 0.392 e. The average molecular weight is 281 g/mol. The molecule has 0 saturated carbocycles. The molecule has 0 atom stereocenters. The van der Waals surface area contributed by atoms with E-state index in [4.69, 9.17) is 5.11 Å². The number of anilines is 1. The Morgan fingerprint density at radius 2 is 1.65 bits per heavy atom. The van der Waals surface area contributed by atoms with Crippen molar-refractivity contribution in [2.24, 2.45) is 0 Å². The normalized spacial score (nSPS) is 10.7. The van der Waals surface area contributed by atoms with Crippen molar-refractivity contribution in [1.29, 1.82) is 0 Å². The van der Waals surface area contributed by atoms with Crippen LogP contribution in [0.25, 0.3) is 0 Å². The first-order valence-corrected chi connectivity index (χ1v) is 6.05. The topological polar surface area (TPSA) is 23.5 Å². The predicted molar refractivity (Wildman–Crippen MR) is 70.8 cm³/mol. The van der Waals surface area contributed by atoms with Crippen LogP contribution >= 0.6 is 0 Å². The summed E-state index contributed by atoms with van der Waals surface area (Å²) in [5, 5.41) is 8.89. The van der Waals surface area contributed by atoms with Crippen LogP contribution in [0.5, 0.6) is 0 Å². The van der Waals surface area contributed by atoms with Crippen LogP contribution in [0.2, 0.25) is 0 Å². The van der Waals surface area contributed by atoms with Gasteiger partial charge in [0.15, 0.2) is 0 Å². The molecule has 0 saturated heterocycles. The van der Waals surface area contributed by atoms with Crippen LogP contribution in [-0.2, 0) is 13.2 Å². The Kier molecular flexibility index (Phi) is 4.29. The molecule has 0 aliphatic heterocycles. The van der Waals surface area contributed by atoms with Crippen molar-refractivity contribution in [3.8, 4) is 0 Å². The number of rotatable bonds is 4. The number of benzene rings is 2. The van der Waals surface area contributed by atoms with E-state index in [2.05, 4.69) is 0 Å². The Bertz CT molecular complexity index is 593. The molecule has 106 valence electrons. The molecule has 0 bridgehead atoms. The average Bonchev–Trinajstić information content (AvgIpc) is 2.37. The van der Waals surface area contributed by atoms with Gasteiger partial charge in [-0.15, -0.1) is 0 Å². The number of aliphatic hydroxyl groups is 1. The molecule has 2 aromatic carbocycles. The summed E-state index contributed by atoms with van der Waals surface area (Å²) in [6.07, 6.45) is 0. The number of hydrogen-bond donors (Lipinski definition) is 1. The number of hydrogen-bond acceptors (Lipinski definition) is 2. The van der Waals surface area contributed by atoms with E-state index in [1.54, 1.807) is 12.1 Å². The zero-order valence-electron chi connectivity index (χ0n) is 10.9. The molecule has 2 rings (SSSR count). The van der Waals surface area contributed by atoms with Crippen LogP contribution < -0.4 is 4.90 Å². The van der Waals surface area contributed by atoms with Gasteiger partial charge in [0.25, 0.3) is 0 Å². The lowest BCUT2D eigenvalue weighted by atomic mass is 10.1. The molecule has 5 heteroatoms. The van der Waals surface area contributed by atoms with Crippen molar-refractivity contribution in [3.63, 3.8) is 0 Å². The summed E-state index contributed by atoms with van der Waals surface area (Å²) in [6, 6.07) is 8.01. The molecule has 0 amide bonds. The quantitative estimate of drug-likeness (QED) is 0.930. The van der Waals surface area contributed by atoms with Crippen LogP contribution in [-0.4, -0.2) is 12.2 Å². The lowest BCUT2D eigenvalue weighted by molar-refractivity contribution is 0.280. The maximum atomic E-state index is 13.9. The maximum Gasteiger partial charge on any atom is 0.149 e. The van der Waals surface area contributed by atoms with Gasteiger partial charge in [0.1, 0.15) is 23.1 Å². The minimum absolute atomic E-state index is 0.169. The number of nitrogens with zero attached hydrogens (tertiary/aromatic N) is 1. The van der Waals surface area contributed by atoms with Crippen LogP contribution in [0.1, 0.15) is 11.1 Å². The van der Waals surface area contributed by atoms with Crippen molar-refractivity contribution in [1.82, 2.24) is 0 Å². The second-order valence-corrected chi connectivity index (χ2v) is 4.55. The maximum absolute atomic E-state index is 13.9. The van der Waals surface area contributed by atoms with E-state index in [0.29, 0.717) is 5.56 Å². The van der Waals surface area contributed by atoms with Gasteiger partial charge in [0.2, 0.25) is 0 Å². The number of halogens is 3. The summed E-state index contributed by atoms with van der Waals surface area (Å²) in [5.41, 5.74) is 0.576. The highest BCUT2D eigenvalue weighted by Crippen LogP contribution is 2.25. The molecule has 0 aliphatic carbocycles. The van der Waals surface area contributed by atoms with E-state index in [0.717, 1.165) is 12.1 Å². The first kappa shape index (κ1) is 14.4. The van der Waals surface area contributed by atoms with Crippen molar-refractivity contribution in [3.05, 3.63) is 65.0 Å². The first-order valence-electron chi connectivity index (χ1n) is 6.05. The van der Waals surface area contributed by atoms with Gasteiger partial charge in [0, 0.05) is 13.6 Å². The van der Waals surface area contributed by atoms with Gasteiger partial charge in [-0.25, -0.2) is 13.2 Å². The summed E-state index contributed by atoms with van der Waals surface area (Å²) in [7, 11) is 1.52. The highest BCUT2D eigenvalue weighted by molar-refractivity contribution is 5.50. The Balaban J connectivity index is 2.27. The highest BCUT2D eigenvalue weighted by Gasteiger charge is 2.15. The fourth-order valence-corrected chi connectivity index (χ4v) is 2.06. The van der Waals surface area contributed by atoms with E-state index < -0.39 is 24.1 Å². The van der Waals surface area contributed by atoms with E-state index in [1.807, 2.05) is 0 Å². The SMILES string of the molecule is CN(Cc1cccc(F)c1)c1c(F)cc(CO)cc1F. The lowest BCUT2D eigenvalue weighted by Crippen LogP contribution is -2.19. The van der Waals surface area contributed by atoms with Gasteiger partial charge in [-0.2, -0.15) is 0 Å². The van der Waals surface area contributed by atoms with Gasteiger partial charge in [-0.3, -0.25) is 0 Å². The van der Waals surface area contributed by atoms with Crippen molar-refractivity contribution in [2.75, 3.05) is 11.9 Å². The van der Waals surface area contributed by atoms with Crippen LogP contribution in [0, 0.1) is 17.5 Å². The smallest absolute Gasteiger partial charge is 0.149 e. The Labute approximate surface area is 115 Å². The van der Waals surface area contributed by atoms with Gasteiger partial charge in [-0.1, -0.05) is 12.1 Å². The van der Waals surface area contributed by atoms with E-state index in [1.165, 1.54) is 24.1 Å². The minimum atomic E-state index is -0.757. The molecule has 1 N–H and O–H groups in total. The Morgan fingerprint density at radius 1 is 1.00 bits per heavy atom. The van der Waals surface area contributed by atoms with Crippen LogP contribution in [0.4, 0.5) is 18.9 Å². The van der Waals surface area contributed by atoms with Crippen LogP contribution in [0.3, 0.4) is 0 Å². The fraction of sp³-hybridized carbons (Fsp3) is 0.200. The summed E-state index contributed by atoms with van der Waals surface area (Å²) in [5.74, 6) is -1.91. The second-order valence-electron chi connectivity index (χ2n) is 4.55. The summed E-state index contributed by atoms with van der Waals surface area (Å²) in [4.78, 5) is 1.36. The van der Waals surface area contributed by atoms with Gasteiger partial charge < -0.3 is 10.0 Å². The Morgan fingerprint density at radius 3 is 2.20 bits per heavy atom. The molecule has 0 aliphatic rings.